The second-order valence-electron chi connectivity index (χ2n) is 8.00. The molecule has 2 aromatic heterocycles. The summed E-state index contributed by atoms with van der Waals surface area (Å²) in [5.74, 6) is 0.549. The van der Waals surface area contributed by atoms with E-state index in [1.165, 1.54) is 0 Å². The fourth-order valence-electron chi connectivity index (χ4n) is 3.78. The van der Waals surface area contributed by atoms with Crippen molar-refractivity contribution in [1.29, 1.82) is 0 Å². The van der Waals surface area contributed by atoms with Crippen LogP contribution >= 0.6 is 23.2 Å². The SMILES string of the molecule is CCn1ncc(CN(C)C(=O)c2nc(-c3ccc(OCCO)cc3Cl)nc3ccc(Cl)cc23)c1C. The molecule has 4 aromatic rings. The molecule has 0 saturated carbocycles. The molecule has 0 saturated heterocycles. The third-order valence-corrected chi connectivity index (χ3v) is 6.21. The lowest BCUT2D eigenvalue weighted by Crippen LogP contribution is -2.27. The summed E-state index contributed by atoms with van der Waals surface area (Å²) in [5.41, 5.74) is 3.33. The van der Waals surface area contributed by atoms with E-state index in [9.17, 15) is 4.79 Å². The van der Waals surface area contributed by atoms with Gasteiger partial charge in [-0.15, -0.1) is 0 Å². The normalized spacial score (nSPS) is 11.1. The predicted molar refractivity (Wildman–Crippen MR) is 136 cm³/mol. The lowest BCUT2D eigenvalue weighted by atomic mass is 10.1. The Morgan fingerprint density at radius 3 is 2.66 bits per heavy atom. The van der Waals surface area contributed by atoms with Gasteiger partial charge in [0.15, 0.2) is 5.82 Å². The van der Waals surface area contributed by atoms with Crippen LogP contribution in [0.4, 0.5) is 0 Å². The largest absolute Gasteiger partial charge is 0.491 e. The first-order valence-electron chi connectivity index (χ1n) is 11.1. The number of aliphatic hydroxyl groups is 1. The molecule has 8 nitrogen and oxygen atoms in total. The van der Waals surface area contributed by atoms with Crippen LogP contribution in [0, 0.1) is 6.92 Å². The number of amides is 1. The van der Waals surface area contributed by atoms with Gasteiger partial charge in [0.2, 0.25) is 0 Å². The van der Waals surface area contributed by atoms with Crippen LogP contribution < -0.4 is 4.74 Å². The molecule has 0 bridgehead atoms. The average molecular weight is 514 g/mol. The number of rotatable bonds is 8. The number of hydrogen-bond acceptors (Lipinski definition) is 6. The Kier molecular flexibility index (Phi) is 7.54. The van der Waals surface area contributed by atoms with Gasteiger partial charge < -0.3 is 14.7 Å². The van der Waals surface area contributed by atoms with Crippen molar-refractivity contribution >= 4 is 40.0 Å². The fraction of sp³-hybridized carbons (Fsp3) is 0.280. The Hall–Kier alpha value is -3.20. The summed E-state index contributed by atoms with van der Waals surface area (Å²) < 4.78 is 7.31. The van der Waals surface area contributed by atoms with Crippen LogP contribution in [-0.2, 0) is 13.1 Å². The van der Waals surface area contributed by atoms with Crippen LogP contribution in [0.25, 0.3) is 22.3 Å². The van der Waals surface area contributed by atoms with Gasteiger partial charge in [-0.2, -0.15) is 5.10 Å². The van der Waals surface area contributed by atoms with E-state index >= 15 is 0 Å². The highest BCUT2D eigenvalue weighted by atomic mass is 35.5. The maximum atomic E-state index is 13.6. The molecule has 0 fully saturated rings. The topological polar surface area (TPSA) is 93.4 Å². The van der Waals surface area contributed by atoms with Gasteiger partial charge in [0.05, 0.1) is 23.3 Å². The van der Waals surface area contributed by atoms with E-state index in [0.29, 0.717) is 44.6 Å². The molecule has 4 rings (SSSR count). The molecule has 2 aromatic carbocycles. The van der Waals surface area contributed by atoms with E-state index in [0.717, 1.165) is 17.8 Å². The number of nitrogens with zero attached hydrogens (tertiary/aromatic N) is 5. The summed E-state index contributed by atoms with van der Waals surface area (Å²) in [6, 6.07) is 10.2. The summed E-state index contributed by atoms with van der Waals surface area (Å²) in [6.45, 7) is 5.19. The van der Waals surface area contributed by atoms with Crippen LogP contribution in [0.3, 0.4) is 0 Å². The average Bonchev–Trinajstić information content (AvgIpc) is 3.20. The van der Waals surface area contributed by atoms with Crippen molar-refractivity contribution in [2.45, 2.75) is 26.9 Å². The summed E-state index contributed by atoms with van der Waals surface area (Å²) >= 11 is 12.7. The van der Waals surface area contributed by atoms with Crippen LogP contribution in [0.1, 0.15) is 28.7 Å². The van der Waals surface area contributed by atoms with E-state index in [2.05, 4.69) is 15.1 Å². The minimum Gasteiger partial charge on any atom is -0.491 e. The van der Waals surface area contributed by atoms with Crippen molar-refractivity contribution in [3.8, 4) is 17.1 Å². The Bertz CT molecular complexity index is 1390. The highest BCUT2D eigenvalue weighted by molar-refractivity contribution is 6.33. The van der Waals surface area contributed by atoms with Crippen molar-refractivity contribution in [2.24, 2.45) is 0 Å². The lowest BCUT2D eigenvalue weighted by Gasteiger charge is -2.18. The third-order valence-electron chi connectivity index (χ3n) is 5.66. The van der Waals surface area contributed by atoms with E-state index in [-0.39, 0.29) is 24.8 Å². The zero-order chi connectivity index (χ0) is 25.1. The van der Waals surface area contributed by atoms with Gasteiger partial charge in [0.1, 0.15) is 18.1 Å². The minimum absolute atomic E-state index is 0.104. The van der Waals surface area contributed by atoms with Gasteiger partial charge in [-0.1, -0.05) is 23.2 Å². The molecule has 1 amide bonds. The highest BCUT2D eigenvalue weighted by Crippen LogP contribution is 2.32. The zero-order valence-corrected chi connectivity index (χ0v) is 21.1. The number of hydrogen-bond donors (Lipinski definition) is 1. The van der Waals surface area contributed by atoms with Gasteiger partial charge in [0.25, 0.3) is 5.91 Å². The van der Waals surface area contributed by atoms with Crippen LogP contribution in [-0.4, -0.2) is 55.9 Å². The van der Waals surface area contributed by atoms with Crippen molar-refractivity contribution < 1.29 is 14.6 Å². The van der Waals surface area contributed by atoms with Crippen molar-refractivity contribution in [3.05, 3.63) is 69.6 Å². The minimum atomic E-state index is -0.274. The standard InChI is InChI=1S/C25H25Cl2N5O3/c1-4-32-15(2)16(13-28-32)14-31(3)25(34)23-20-11-17(26)5-8-22(20)29-24(30-23)19-7-6-18(12-21(19)27)35-10-9-33/h5-8,11-13,33H,4,9-10,14H2,1-3H3. The number of benzene rings is 2. The van der Waals surface area contributed by atoms with Gasteiger partial charge in [-0.3, -0.25) is 9.48 Å². The van der Waals surface area contributed by atoms with E-state index in [1.807, 2.05) is 18.5 Å². The molecule has 10 heteroatoms. The second kappa shape index (κ2) is 10.6. The van der Waals surface area contributed by atoms with E-state index in [4.69, 9.17) is 33.0 Å². The van der Waals surface area contributed by atoms with Gasteiger partial charge >= 0.3 is 0 Å². The Morgan fingerprint density at radius 2 is 1.97 bits per heavy atom. The van der Waals surface area contributed by atoms with Crippen LogP contribution in [0.5, 0.6) is 5.75 Å². The molecule has 1 N–H and O–H groups in total. The zero-order valence-electron chi connectivity index (χ0n) is 19.6. The number of aliphatic hydroxyl groups excluding tert-OH is 1. The van der Waals surface area contributed by atoms with Crippen LogP contribution in [0.15, 0.2) is 42.6 Å². The maximum Gasteiger partial charge on any atom is 0.273 e. The fourth-order valence-corrected chi connectivity index (χ4v) is 4.21. The predicted octanol–water partition coefficient (Wildman–Crippen LogP) is 4.77. The van der Waals surface area contributed by atoms with Crippen molar-refractivity contribution in [1.82, 2.24) is 24.6 Å². The van der Waals surface area contributed by atoms with Gasteiger partial charge in [-0.05, 0) is 50.2 Å². The number of aromatic nitrogens is 4. The Balaban J connectivity index is 1.74. The smallest absolute Gasteiger partial charge is 0.273 e. The van der Waals surface area contributed by atoms with Crippen molar-refractivity contribution in [2.75, 3.05) is 20.3 Å². The second-order valence-corrected chi connectivity index (χ2v) is 8.85. The van der Waals surface area contributed by atoms with E-state index in [1.54, 1.807) is 54.5 Å². The summed E-state index contributed by atoms with van der Waals surface area (Å²) in [6.07, 6.45) is 1.78. The first-order valence-corrected chi connectivity index (χ1v) is 11.9. The molecule has 0 spiro atoms. The molecule has 0 aliphatic carbocycles. The molecule has 0 radical (unpaired) electrons. The lowest BCUT2D eigenvalue weighted by molar-refractivity contribution is 0.0781. The van der Waals surface area contributed by atoms with Gasteiger partial charge in [0, 0.05) is 47.4 Å². The highest BCUT2D eigenvalue weighted by Gasteiger charge is 2.22. The Morgan fingerprint density at radius 1 is 1.17 bits per heavy atom. The first-order chi connectivity index (χ1) is 16.8. The molecule has 182 valence electrons. The quantitative estimate of drug-likeness (QED) is 0.364. The molecule has 0 aliphatic heterocycles. The number of aryl methyl sites for hydroxylation is 1. The molecule has 35 heavy (non-hydrogen) atoms. The summed E-state index contributed by atoms with van der Waals surface area (Å²) in [7, 11) is 1.73. The molecular formula is C25H25Cl2N5O3. The third kappa shape index (κ3) is 5.24. The maximum absolute atomic E-state index is 13.6. The van der Waals surface area contributed by atoms with Crippen molar-refractivity contribution in [3.63, 3.8) is 0 Å². The van der Waals surface area contributed by atoms with Crippen LogP contribution in [0.2, 0.25) is 10.0 Å². The first kappa shape index (κ1) is 24.9. The molecule has 0 atom stereocenters. The van der Waals surface area contributed by atoms with E-state index < -0.39 is 0 Å². The number of carbonyl (C=O) groups is 1. The molecule has 2 heterocycles. The Labute approximate surface area is 213 Å². The number of halogens is 2. The monoisotopic (exact) mass is 513 g/mol. The molecular weight excluding hydrogens is 489 g/mol. The molecule has 0 unspecified atom stereocenters. The number of fused-ring (bicyclic) bond motifs is 1. The summed E-state index contributed by atoms with van der Waals surface area (Å²) in [4.78, 5) is 24.5. The van der Waals surface area contributed by atoms with Gasteiger partial charge in [-0.25, -0.2) is 9.97 Å². The summed E-state index contributed by atoms with van der Waals surface area (Å²) in [5, 5.41) is 14.7. The molecule has 0 aliphatic rings. The number of ether oxygens (including phenoxy) is 1. The number of carbonyl (C=O) groups excluding carboxylic acids is 1.